The molecule has 16 rings (SSSR count). The molecule has 6 heterocycles. The molecule has 2 aliphatic carbocycles. The smallest absolute Gasteiger partial charge is 0.308 e. The van der Waals surface area contributed by atoms with Crippen molar-refractivity contribution in [2.75, 3.05) is 0 Å². The number of nitriles is 1. The van der Waals surface area contributed by atoms with Crippen LogP contribution < -0.4 is 10.7 Å². The third-order valence-corrected chi connectivity index (χ3v) is 17.7. The average Bonchev–Trinajstić information content (AvgIpc) is 1.56. The maximum Gasteiger partial charge on any atom is 0.416 e. The molecule has 0 atom stereocenters. The van der Waals surface area contributed by atoms with Crippen molar-refractivity contribution >= 4 is 54.8 Å². The van der Waals surface area contributed by atoms with Crippen LogP contribution in [0.3, 0.4) is 0 Å². The Labute approximate surface area is 526 Å². The summed E-state index contributed by atoms with van der Waals surface area (Å²) in [7, 11) is 0. The van der Waals surface area contributed by atoms with Crippen molar-refractivity contribution in [3.8, 4) is 73.3 Å². The summed E-state index contributed by atoms with van der Waals surface area (Å²) < 4.78 is 49.2. The zero-order valence-corrected chi connectivity index (χ0v) is 49.4. The van der Waals surface area contributed by atoms with Gasteiger partial charge in [-0.15, -0.1) is 0 Å². The van der Waals surface area contributed by atoms with E-state index in [4.69, 9.17) is 19.9 Å². The van der Waals surface area contributed by atoms with Gasteiger partial charge in [0.2, 0.25) is 0 Å². The summed E-state index contributed by atoms with van der Waals surface area (Å²) in [6.07, 6.45) is 21.0. The fraction of sp³-hybridized carbons (Fsp3) is 0.0366. The van der Waals surface area contributed by atoms with E-state index in [1.54, 1.807) is 6.07 Å². The van der Waals surface area contributed by atoms with Crippen LogP contribution in [0.5, 0.6) is 0 Å². The molecule has 14 aromatic rings. The van der Waals surface area contributed by atoms with Crippen molar-refractivity contribution in [3.05, 3.63) is 334 Å². The minimum Gasteiger partial charge on any atom is -0.308 e. The quantitative estimate of drug-likeness (QED) is 0.159. The lowest BCUT2D eigenvalue weighted by Crippen LogP contribution is -2.09. The van der Waals surface area contributed by atoms with Gasteiger partial charge in [0, 0.05) is 79.0 Å². The van der Waals surface area contributed by atoms with E-state index in [-0.39, 0.29) is 0 Å². The van der Waals surface area contributed by atoms with Crippen molar-refractivity contribution in [3.63, 3.8) is 0 Å². The summed E-state index contributed by atoms with van der Waals surface area (Å²) in [6, 6.07) is 73.8. The van der Waals surface area contributed by atoms with Crippen molar-refractivity contribution in [1.29, 1.82) is 5.26 Å². The second kappa shape index (κ2) is 22.8. The number of nitrogens with zero attached hydrogens (tertiary/aromatic N) is 7. The van der Waals surface area contributed by atoms with Crippen molar-refractivity contribution < 1.29 is 13.2 Å². The van der Waals surface area contributed by atoms with Crippen LogP contribution in [-0.4, -0.2) is 29.1 Å². The summed E-state index contributed by atoms with van der Waals surface area (Å²) in [6.45, 7) is 0. The lowest BCUT2D eigenvalue weighted by atomic mass is 9.98. The number of rotatable bonds is 7. The molecule has 436 valence electrons. The van der Waals surface area contributed by atoms with Crippen LogP contribution in [0.1, 0.15) is 24.0 Å². The summed E-state index contributed by atoms with van der Waals surface area (Å²) in [5, 5.41) is 21.2. The Morgan fingerprint density at radius 3 is 1.21 bits per heavy atom. The van der Waals surface area contributed by atoms with Gasteiger partial charge in [0.05, 0.1) is 61.1 Å². The highest BCUT2D eigenvalue weighted by atomic mass is 19.4. The third kappa shape index (κ3) is 10.1. The number of pyridine rings is 4. The van der Waals surface area contributed by atoms with Crippen LogP contribution in [-0.2, 0) is 6.18 Å². The predicted molar refractivity (Wildman–Crippen MR) is 363 cm³/mol. The summed E-state index contributed by atoms with van der Waals surface area (Å²) >= 11 is 0. The number of allylic oxidation sites excluding steroid dienone is 8. The number of aromatic nitrogens is 6. The maximum atomic E-state index is 15.0. The Balaban J connectivity index is 1.00. The summed E-state index contributed by atoms with van der Waals surface area (Å²) in [5.41, 5.74) is 13.8. The second-order valence-corrected chi connectivity index (χ2v) is 23.2. The molecule has 0 amide bonds. The lowest BCUT2D eigenvalue weighted by molar-refractivity contribution is -0.137. The highest BCUT2D eigenvalue weighted by molar-refractivity contribution is 6.12. The molecule has 8 aromatic carbocycles. The molecule has 0 aliphatic heterocycles. The van der Waals surface area contributed by atoms with E-state index in [0.29, 0.717) is 28.1 Å². The molecule has 92 heavy (non-hydrogen) atoms. The molecule has 0 spiro atoms. The van der Waals surface area contributed by atoms with Gasteiger partial charge < -0.3 is 9.13 Å². The first kappa shape index (κ1) is 55.3. The van der Waals surface area contributed by atoms with Gasteiger partial charge in [-0.25, -0.2) is 0 Å². The average molecular weight is 1190 g/mol. The molecule has 0 fully saturated rings. The van der Waals surface area contributed by atoms with E-state index in [1.165, 1.54) is 12.1 Å². The highest BCUT2D eigenvalue weighted by Crippen LogP contribution is 2.43. The molecule has 2 aliphatic rings. The molecule has 10 heteroatoms. The first-order valence-electron chi connectivity index (χ1n) is 30.5. The highest BCUT2D eigenvalue weighted by Gasteiger charge is 2.31. The Bertz CT molecular complexity index is 5510. The number of alkyl halides is 3. The van der Waals surface area contributed by atoms with Gasteiger partial charge in [-0.3, -0.25) is 19.9 Å². The fourth-order valence-corrected chi connectivity index (χ4v) is 13.0. The van der Waals surface area contributed by atoms with Gasteiger partial charge in [-0.05, 0) is 129 Å². The van der Waals surface area contributed by atoms with Gasteiger partial charge in [0.15, 0.2) is 0 Å². The first-order chi connectivity index (χ1) is 45.2. The van der Waals surface area contributed by atoms with Crippen LogP contribution in [0.2, 0.25) is 0 Å². The predicted octanol–water partition coefficient (Wildman–Crippen LogP) is 18.6. The van der Waals surface area contributed by atoms with Gasteiger partial charge in [0.25, 0.3) is 0 Å². The molecule has 0 radical (unpaired) electrons. The largest absolute Gasteiger partial charge is 0.416 e. The molecular formula is C82H52F3N7. The SMILES string of the molecule is N#Cc1c(-n2c3cc(-c4ccc(-c5ccccc5)nc4)ccc3c3ccc(-c4ccc(-c5ccccc5)nc4)cc32)cc(-c2cccc(C(F)(F)F)c2)cc1-n1c2cc(=c3ccc(=C4C=CC=CC4)nc3)ccc2c2ccc(=c3ccc(=C4C=CC=CC4)nc3)cc21. The molecule has 0 saturated heterocycles. The number of hydrogen-bond donors (Lipinski definition) is 0. The molecule has 7 nitrogen and oxygen atoms in total. The van der Waals surface area contributed by atoms with Crippen LogP contribution in [0.25, 0.3) is 122 Å². The molecular weight excluding hydrogens is 1140 g/mol. The minimum atomic E-state index is -4.64. The number of halogens is 3. The summed E-state index contributed by atoms with van der Waals surface area (Å²) in [5.74, 6) is 0. The minimum absolute atomic E-state index is 0.294. The van der Waals surface area contributed by atoms with Gasteiger partial charge >= 0.3 is 6.18 Å². The third-order valence-electron chi connectivity index (χ3n) is 17.7. The van der Waals surface area contributed by atoms with Crippen molar-refractivity contribution in [2.24, 2.45) is 0 Å². The first-order valence-corrected chi connectivity index (χ1v) is 30.5. The van der Waals surface area contributed by atoms with E-state index in [1.807, 2.05) is 146 Å². The monoisotopic (exact) mass is 1190 g/mol. The van der Waals surface area contributed by atoms with E-state index in [0.717, 1.165) is 150 Å². The molecule has 0 saturated carbocycles. The number of benzene rings is 8. The zero-order valence-electron chi connectivity index (χ0n) is 49.4. The Morgan fingerprint density at radius 1 is 0.359 bits per heavy atom. The van der Waals surface area contributed by atoms with E-state index < -0.39 is 11.7 Å². The standard InChI is InChI=1S/C82H52F3N7/c83-82(84,85)66-23-13-22-56(40-66)65-45-80(91-76-41-57(61-28-36-72(87-48-61)52-14-5-1-6-15-52)24-32-67(76)68-33-25-58(42-77(68)91)62-29-37-73(88-49-62)53-16-7-2-8-17-53)71(47-86)81(46-65)92-78-43-59(63-30-38-74(89-50-63)54-18-9-3-10-19-54)26-34-69(78)70-35-27-60(44-79(70)92)64-31-39-75(90-51-64)55-20-11-4-12-21-55/h1-18,20,22-46,48-51H,19,21H2. The molecule has 6 aromatic heterocycles. The lowest BCUT2D eigenvalue weighted by Gasteiger charge is -2.19. The number of hydrogen-bond acceptors (Lipinski definition) is 5. The van der Waals surface area contributed by atoms with Gasteiger partial charge in [-0.1, -0.05) is 194 Å². The molecule has 0 unspecified atom stereocenters. The normalized spacial score (nSPS) is 15.0. The van der Waals surface area contributed by atoms with Gasteiger partial charge in [0.1, 0.15) is 11.6 Å². The topological polar surface area (TPSA) is 85.2 Å². The second-order valence-electron chi connectivity index (χ2n) is 23.2. The Morgan fingerprint density at radius 2 is 0.793 bits per heavy atom. The maximum absolute atomic E-state index is 15.0. The zero-order chi connectivity index (χ0) is 61.9. The van der Waals surface area contributed by atoms with E-state index >= 15 is 0 Å². The van der Waals surface area contributed by atoms with E-state index in [9.17, 15) is 18.4 Å². The van der Waals surface area contributed by atoms with Crippen molar-refractivity contribution in [2.45, 2.75) is 19.0 Å². The summed E-state index contributed by atoms with van der Waals surface area (Å²) in [4.78, 5) is 19.8. The van der Waals surface area contributed by atoms with Crippen molar-refractivity contribution in [1.82, 2.24) is 29.1 Å². The van der Waals surface area contributed by atoms with E-state index in [2.05, 4.69) is 137 Å². The Kier molecular flexibility index (Phi) is 13.7. The molecule has 0 N–H and O–H groups in total. The fourth-order valence-electron chi connectivity index (χ4n) is 13.0. The Hall–Kier alpha value is -12.1. The molecule has 0 bridgehead atoms. The number of fused-ring (bicyclic) bond motifs is 6. The van der Waals surface area contributed by atoms with Gasteiger partial charge in [-0.2, -0.15) is 18.4 Å². The van der Waals surface area contributed by atoms with Crippen LogP contribution >= 0.6 is 0 Å². The van der Waals surface area contributed by atoms with Crippen LogP contribution in [0.4, 0.5) is 13.2 Å². The van der Waals surface area contributed by atoms with Crippen LogP contribution in [0, 0.1) is 32.2 Å². The van der Waals surface area contributed by atoms with Crippen LogP contribution in [0.15, 0.2) is 292 Å².